The zero-order valence-corrected chi connectivity index (χ0v) is 14.7. The molecule has 0 spiro atoms. The number of piperidine rings is 1. The van der Waals surface area contributed by atoms with E-state index in [-0.39, 0.29) is 18.0 Å². The van der Waals surface area contributed by atoms with Gasteiger partial charge in [0, 0.05) is 32.4 Å². The molecule has 0 radical (unpaired) electrons. The van der Waals surface area contributed by atoms with E-state index in [4.69, 9.17) is 4.52 Å². The van der Waals surface area contributed by atoms with Gasteiger partial charge < -0.3 is 14.7 Å². The Hall–Kier alpha value is -2.35. The Kier molecular flexibility index (Phi) is 5.92. The van der Waals surface area contributed by atoms with Crippen molar-refractivity contribution in [1.29, 1.82) is 0 Å². The van der Waals surface area contributed by atoms with E-state index in [9.17, 15) is 13.6 Å². The molecule has 1 aliphatic rings. The molecule has 26 heavy (non-hydrogen) atoms. The Bertz CT molecular complexity index is 757. The standard InChI is InChI=1S/C18H22F2N4O2/c1-12-21-17(23-26-12)10-13-4-7-24(8-5-13)9-6-18(25)22-16-11-14(19)2-3-15(16)20/h2-3,11,13H,4-10H2,1H3,(H,22,25). The van der Waals surface area contributed by atoms with Gasteiger partial charge in [-0.2, -0.15) is 4.98 Å². The van der Waals surface area contributed by atoms with Crippen LogP contribution in [0.2, 0.25) is 0 Å². The van der Waals surface area contributed by atoms with Crippen LogP contribution in [0.1, 0.15) is 31.0 Å². The maximum absolute atomic E-state index is 13.5. The van der Waals surface area contributed by atoms with Crippen molar-refractivity contribution in [2.24, 2.45) is 5.92 Å². The predicted octanol–water partition coefficient (Wildman–Crippen LogP) is 2.94. The van der Waals surface area contributed by atoms with Gasteiger partial charge in [-0.15, -0.1) is 0 Å². The van der Waals surface area contributed by atoms with Crippen LogP contribution in [-0.2, 0) is 11.2 Å². The fourth-order valence-corrected chi connectivity index (χ4v) is 3.16. The van der Waals surface area contributed by atoms with Crippen LogP contribution in [0.25, 0.3) is 0 Å². The molecule has 0 atom stereocenters. The van der Waals surface area contributed by atoms with Gasteiger partial charge in [0.05, 0.1) is 5.69 Å². The number of nitrogens with one attached hydrogen (secondary N) is 1. The summed E-state index contributed by atoms with van der Waals surface area (Å²) >= 11 is 0. The molecular weight excluding hydrogens is 342 g/mol. The van der Waals surface area contributed by atoms with E-state index in [0.717, 1.165) is 56.4 Å². The van der Waals surface area contributed by atoms with Crippen molar-refractivity contribution in [3.8, 4) is 0 Å². The highest BCUT2D eigenvalue weighted by molar-refractivity contribution is 5.90. The van der Waals surface area contributed by atoms with Crippen molar-refractivity contribution >= 4 is 11.6 Å². The molecule has 1 aliphatic heterocycles. The van der Waals surface area contributed by atoms with Crippen molar-refractivity contribution < 1.29 is 18.1 Å². The van der Waals surface area contributed by atoms with Crippen molar-refractivity contribution in [1.82, 2.24) is 15.0 Å². The number of aryl methyl sites for hydroxylation is 1. The van der Waals surface area contributed by atoms with Crippen LogP contribution in [0, 0.1) is 24.5 Å². The minimum Gasteiger partial charge on any atom is -0.340 e. The molecule has 3 rings (SSSR count). The number of rotatable bonds is 6. The summed E-state index contributed by atoms with van der Waals surface area (Å²) in [5.74, 6) is 0.297. The lowest BCUT2D eigenvalue weighted by atomic mass is 9.93. The second-order valence-electron chi connectivity index (χ2n) is 6.64. The maximum atomic E-state index is 13.5. The first-order chi connectivity index (χ1) is 12.5. The Morgan fingerprint density at radius 2 is 2.12 bits per heavy atom. The molecule has 0 saturated carbocycles. The number of amides is 1. The van der Waals surface area contributed by atoms with Crippen LogP contribution in [0.5, 0.6) is 0 Å². The predicted molar refractivity (Wildman–Crippen MR) is 91.5 cm³/mol. The highest BCUT2D eigenvalue weighted by Crippen LogP contribution is 2.21. The number of halogens is 2. The topological polar surface area (TPSA) is 71.3 Å². The zero-order chi connectivity index (χ0) is 18.5. The number of benzene rings is 1. The van der Waals surface area contributed by atoms with Gasteiger partial charge in [0.2, 0.25) is 11.8 Å². The van der Waals surface area contributed by atoms with Crippen LogP contribution < -0.4 is 5.32 Å². The summed E-state index contributed by atoms with van der Waals surface area (Å²) in [7, 11) is 0. The Morgan fingerprint density at radius 1 is 1.35 bits per heavy atom. The van der Waals surface area contributed by atoms with E-state index in [2.05, 4.69) is 20.4 Å². The molecule has 140 valence electrons. The van der Waals surface area contributed by atoms with Crippen LogP contribution in [0.15, 0.2) is 22.7 Å². The quantitative estimate of drug-likeness (QED) is 0.853. The summed E-state index contributed by atoms with van der Waals surface area (Å²) in [6.45, 7) is 4.16. The van der Waals surface area contributed by atoms with Crippen molar-refractivity contribution in [2.75, 3.05) is 25.0 Å². The van der Waals surface area contributed by atoms with Crippen LogP contribution >= 0.6 is 0 Å². The van der Waals surface area contributed by atoms with E-state index in [1.54, 1.807) is 6.92 Å². The van der Waals surface area contributed by atoms with Gasteiger partial charge in [0.1, 0.15) is 11.6 Å². The van der Waals surface area contributed by atoms with Crippen molar-refractivity contribution in [3.63, 3.8) is 0 Å². The van der Waals surface area contributed by atoms with Gasteiger partial charge in [-0.3, -0.25) is 4.79 Å². The lowest BCUT2D eigenvalue weighted by Crippen LogP contribution is -2.36. The summed E-state index contributed by atoms with van der Waals surface area (Å²) in [4.78, 5) is 18.4. The molecule has 2 aromatic rings. The number of nitrogens with zero attached hydrogens (tertiary/aromatic N) is 3. The minimum absolute atomic E-state index is 0.121. The number of aromatic nitrogens is 2. The molecule has 1 fully saturated rings. The molecule has 0 bridgehead atoms. The van der Waals surface area contributed by atoms with E-state index < -0.39 is 11.6 Å². The average Bonchev–Trinajstić information content (AvgIpc) is 3.02. The second kappa shape index (κ2) is 8.35. The lowest BCUT2D eigenvalue weighted by molar-refractivity contribution is -0.116. The van der Waals surface area contributed by atoms with Gasteiger partial charge in [0.15, 0.2) is 5.82 Å². The Labute approximate surface area is 150 Å². The van der Waals surface area contributed by atoms with Crippen molar-refractivity contribution in [3.05, 3.63) is 41.5 Å². The molecule has 8 heteroatoms. The second-order valence-corrected chi connectivity index (χ2v) is 6.64. The third-order valence-electron chi connectivity index (χ3n) is 4.61. The number of anilines is 1. The van der Waals surface area contributed by atoms with Gasteiger partial charge in [-0.1, -0.05) is 5.16 Å². The molecule has 1 aromatic carbocycles. The first-order valence-corrected chi connectivity index (χ1v) is 8.76. The van der Waals surface area contributed by atoms with Crippen LogP contribution in [0.3, 0.4) is 0 Å². The number of likely N-dealkylation sites (tertiary alicyclic amines) is 1. The highest BCUT2D eigenvalue weighted by Gasteiger charge is 2.21. The Morgan fingerprint density at radius 3 is 2.81 bits per heavy atom. The summed E-state index contributed by atoms with van der Waals surface area (Å²) < 4.78 is 31.7. The zero-order valence-electron chi connectivity index (χ0n) is 14.7. The molecule has 1 amide bonds. The fourth-order valence-electron chi connectivity index (χ4n) is 3.16. The molecule has 1 N–H and O–H groups in total. The van der Waals surface area contributed by atoms with Crippen LogP contribution in [0.4, 0.5) is 14.5 Å². The smallest absolute Gasteiger partial charge is 0.225 e. The number of hydrogen-bond acceptors (Lipinski definition) is 5. The van der Waals surface area contributed by atoms with E-state index >= 15 is 0 Å². The molecule has 2 heterocycles. The summed E-state index contributed by atoms with van der Waals surface area (Å²) in [6, 6.07) is 3.00. The molecule has 0 unspecified atom stereocenters. The van der Waals surface area contributed by atoms with Crippen molar-refractivity contribution in [2.45, 2.75) is 32.6 Å². The van der Waals surface area contributed by atoms with Gasteiger partial charge in [0.25, 0.3) is 0 Å². The number of hydrogen-bond donors (Lipinski definition) is 1. The van der Waals surface area contributed by atoms with Crippen LogP contribution in [-0.4, -0.2) is 40.6 Å². The summed E-state index contributed by atoms with van der Waals surface area (Å²) in [5, 5.41) is 6.36. The van der Waals surface area contributed by atoms with Gasteiger partial charge in [-0.05, 0) is 44.0 Å². The average molecular weight is 364 g/mol. The Balaban J connectivity index is 1.39. The first-order valence-electron chi connectivity index (χ1n) is 8.76. The van der Waals surface area contributed by atoms with Gasteiger partial charge >= 0.3 is 0 Å². The molecular formula is C18H22F2N4O2. The van der Waals surface area contributed by atoms with Gasteiger partial charge in [-0.25, -0.2) is 8.78 Å². The number of carbonyl (C=O) groups is 1. The largest absolute Gasteiger partial charge is 0.340 e. The SMILES string of the molecule is Cc1nc(CC2CCN(CCC(=O)Nc3cc(F)ccc3F)CC2)no1. The maximum Gasteiger partial charge on any atom is 0.225 e. The summed E-state index contributed by atoms with van der Waals surface area (Å²) in [5.41, 5.74) is -0.121. The van der Waals surface area contributed by atoms with E-state index in [0.29, 0.717) is 18.4 Å². The first kappa shape index (κ1) is 18.4. The third-order valence-corrected chi connectivity index (χ3v) is 4.61. The summed E-state index contributed by atoms with van der Waals surface area (Å²) in [6.07, 6.45) is 3.07. The molecule has 6 nitrogen and oxygen atoms in total. The lowest BCUT2D eigenvalue weighted by Gasteiger charge is -2.31. The molecule has 1 saturated heterocycles. The third kappa shape index (κ3) is 5.08. The highest BCUT2D eigenvalue weighted by atomic mass is 19.1. The molecule has 0 aliphatic carbocycles. The number of carbonyl (C=O) groups excluding carboxylic acids is 1. The fraction of sp³-hybridized carbons (Fsp3) is 0.500. The van der Waals surface area contributed by atoms with E-state index in [1.807, 2.05) is 0 Å². The van der Waals surface area contributed by atoms with E-state index in [1.165, 1.54) is 0 Å². The monoisotopic (exact) mass is 364 g/mol. The molecule has 1 aromatic heterocycles. The minimum atomic E-state index is -0.641. The normalized spacial score (nSPS) is 16.0.